The SMILES string of the molecule is CC(C)(C)OC(=O)N1CCC[C@@H](NC[C@@H](O)C2CCCC2)CC1. The van der Waals surface area contributed by atoms with Crippen LogP contribution in [0.1, 0.15) is 65.7 Å². The van der Waals surface area contributed by atoms with Crippen molar-refractivity contribution >= 4 is 6.09 Å². The molecule has 0 aromatic carbocycles. The Hall–Kier alpha value is -0.810. The summed E-state index contributed by atoms with van der Waals surface area (Å²) in [7, 11) is 0. The van der Waals surface area contributed by atoms with Gasteiger partial charge in [0.25, 0.3) is 0 Å². The number of hydrogen-bond donors (Lipinski definition) is 2. The van der Waals surface area contributed by atoms with Crippen LogP contribution < -0.4 is 5.32 Å². The number of hydrogen-bond acceptors (Lipinski definition) is 4. The van der Waals surface area contributed by atoms with Crippen molar-refractivity contribution in [2.24, 2.45) is 5.92 Å². The number of carbonyl (C=O) groups is 1. The number of ether oxygens (including phenoxy) is 1. The molecule has 23 heavy (non-hydrogen) atoms. The van der Waals surface area contributed by atoms with Crippen molar-refractivity contribution in [1.29, 1.82) is 0 Å². The van der Waals surface area contributed by atoms with Crippen molar-refractivity contribution in [1.82, 2.24) is 10.2 Å². The molecule has 1 aliphatic carbocycles. The topological polar surface area (TPSA) is 61.8 Å². The minimum Gasteiger partial charge on any atom is -0.444 e. The van der Waals surface area contributed by atoms with Crippen molar-refractivity contribution < 1.29 is 14.6 Å². The van der Waals surface area contributed by atoms with E-state index in [0.29, 0.717) is 18.5 Å². The van der Waals surface area contributed by atoms with Crippen LogP contribution in [0.15, 0.2) is 0 Å². The van der Waals surface area contributed by atoms with E-state index < -0.39 is 5.60 Å². The van der Waals surface area contributed by atoms with Crippen LogP contribution in [-0.2, 0) is 4.74 Å². The number of amides is 1. The molecular formula is C18H34N2O3. The predicted octanol–water partition coefficient (Wildman–Crippen LogP) is 2.92. The molecule has 1 aliphatic heterocycles. The fourth-order valence-electron chi connectivity index (χ4n) is 3.61. The van der Waals surface area contributed by atoms with E-state index in [4.69, 9.17) is 4.74 Å². The van der Waals surface area contributed by atoms with Gasteiger partial charge in [-0.1, -0.05) is 12.8 Å². The van der Waals surface area contributed by atoms with Crippen LogP contribution in [-0.4, -0.2) is 53.5 Å². The highest BCUT2D eigenvalue weighted by Gasteiger charge is 2.27. The van der Waals surface area contributed by atoms with Gasteiger partial charge >= 0.3 is 6.09 Å². The summed E-state index contributed by atoms with van der Waals surface area (Å²) in [6, 6.07) is 0.387. The summed E-state index contributed by atoms with van der Waals surface area (Å²) in [5.74, 6) is 0.478. The van der Waals surface area contributed by atoms with E-state index in [-0.39, 0.29) is 12.2 Å². The van der Waals surface area contributed by atoms with Crippen molar-refractivity contribution in [3.05, 3.63) is 0 Å². The smallest absolute Gasteiger partial charge is 0.410 e. The summed E-state index contributed by atoms with van der Waals surface area (Å²) >= 11 is 0. The van der Waals surface area contributed by atoms with Crippen LogP contribution in [0.25, 0.3) is 0 Å². The molecule has 0 radical (unpaired) electrons. The molecule has 5 nitrogen and oxygen atoms in total. The lowest BCUT2D eigenvalue weighted by Crippen LogP contribution is -2.40. The van der Waals surface area contributed by atoms with Gasteiger partial charge in [0, 0.05) is 25.7 Å². The summed E-state index contributed by atoms with van der Waals surface area (Å²) in [6.45, 7) is 7.87. The summed E-state index contributed by atoms with van der Waals surface area (Å²) in [5, 5.41) is 13.8. The number of carbonyl (C=O) groups excluding carboxylic acids is 1. The molecule has 2 rings (SSSR count). The minimum atomic E-state index is -0.438. The molecule has 1 saturated heterocycles. The Kier molecular flexibility index (Phi) is 6.72. The number of likely N-dealkylation sites (tertiary alicyclic amines) is 1. The molecular weight excluding hydrogens is 292 g/mol. The number of aliphatic hydroxyl groups excluding tert-OH is 1. The lowest BCUT2D eigenvalue weighted by molar-refractivity contribution is 0.0255. The molecule has 2 aliphatic rings. The molecule has 0 unspecified atom stereocenters. The molecule has 0 aromatic heterocycles. The van der Waals surface area contributed by atoms with Crippen molar-refractivity contribution in [2.75, 3.05) is 19.6 Å². The highest BCUT2D eigenvalue weighted by atomic mass is 16.6. The highest BCUT2D eigenvalue weighted by Crippen LogP contribution is 2.27. The molecule has 1 amide bonds. The Bertz CT molecular complexity index is 375. The van der Waals surface area contributed by atoms with Gasteiger partial charge in [0.15, 0.2) is 0 Å². The number of nitrogens with zero attached hydrogens (tertiary/aromatic N) is 1. The maximum Gasteiger partial charge on any atom is 0.410 e. The summed E-state index contributed by atoms with van der Waals surface area (Å²) in [4.78, 5) is 14.0. The zero-order chi connectivity index (χ0) is 16.9. The van der Waals surface area contributed by atoms with E-state index in [0.717, 1.165) is 32.4 Å². The standard InChI is InChI=1S/C18H34N2O3/c1-18(2,3)23-17(22)20-11-6-9-15(10-12-20)19-13-16(21)14-7-4-5-8-14/h14-16,19,21H,4-13H2,1-3H3/t15-,16-/m1/s1. The van der Waals surface area contributed by atoms with Gasteiger partial charge in [0.2, 0.25) is 0 Å². The van der Waals surface area contributed by atoms with Gasteiger partial charge in [-0.3, -0.25) is 0 Å². The quantitative estimate of drug-likeness (QED) is 0.834. The average Bonchev–Trinajstić information content (AvgIpc) is 2.89. The van der Waals surface area contributed by atoms with E-state index in [1.807, 2.05) is 25.7 Å². The third-order valence-corrected chi connectivity index (χ3v) is 4.94. The molecule has 1 heterocycles. The molecule has 2 fully saturated rings. The summed E-state index contributed by atoms with van der Waals surface area (Å²) < 4.78 is 5.46. The maximum absolute atomic E-state index is 12.2. The van der Waals surface area contributed by atoms with E-state index in [1.54, 1.807) is 0 Å². The lowest BCUT2D eigenvalue weighted by atomic mass is 10.00. The van der Waals surface area contributed by atoms with Crippen molar-refractivity contribution in [3.8, 4) is 0 Å². The second kappa shape index (κ2) is 8.34. The Morgan fingerprint density at radius 3 is 2.52 bits per heavy atom. The Morgan fingerprint density at radius 2 is 1.87 bits per heavy atom. The first-order valence-electron chi connectivity index (χ1n) is 9.24. The zero-order valence-electron chi connectivity index (χ0n) is 15.0. The third-order valence-electron chi connectivity index (χ3n) is 4.94. The van der Waals surface area contributed by atoms with Crippen LogP contribution in [0.3, 0.4) is 0 Å². The third kappa shape index (κ3) is 6.30. The van der Waals surface area contributed by atoms with Crippen molar-refractivity contribution in [3.63, 3.8) is 0 Å². The van der Waals surface area contributed by atoms with Gasteiger partial charge in [0.05, 0.1) is 6.10 Å². The van der Waals surface area contributed by atoms with Crippen molar-refractivity contribution in [2.45, 2.75) is 83.5 Å². The molecule has 1 saturated carbocycles. The summed E-state index contributed by atoms with van der Waals surface area (Å²) in [6.07, 6.45) is 7.39. The van der Waals surface area contributed by atoms with E-state index >= 15 is 0 Å². The molecule has 0 spiro atoms. The molecule has 0 aromatic rings. The molecule has 0 bridgehead atoms. The van der Waals surface area contributed by atoms with Gasteiger partial charge in [-0.05, 0) is 58.8 Å². The van der Waals surface area contributed by atoms with Gasteiger partial charge in [0.1, 0.15) is 5.60 Å². The number of nitrogens with one attached hydrogen (secondary N) is 1. The monoisotopic (exact) mass is 326 g/mol. The first kappa shape index (κ1) is 18.5. The lowest BCUT2D eigenvalue weighted by Gasteiger charge is -2.26. The van der Waals surface area contributed by atoms with Gasteiger partial charge in [-0.15, -0.1) is 0 Å². The summed E-state index contributed by atoms with van der Waals surface area (Å²) in [5.41, 5.74) is -0.438. The van der Waals surface area contributed by atoms with Crippen LogP contribution in [0.2, 0.25) is 0 Å². The van der Waals surface area contributed by atoms with E-state index in [9.17, 15) is 9.90 Å². The first-order valence-corrected chi connectivity index (χ1v) is 9.24. The maximum atomic E-state index is 12.2. The average molecular weight is 326 g/mol. The van der Waals surface area contributed by atoms with Gasteiger partial charge in [-0.25, -0.2) is 4.79 Å². The Morgan fingerprint density at radius 1 is 1.17 bits per heavy atom. The van der Waals surface area contributed by atoms with E-state index in [2.05, 4.69) is 5.32 Å². The minimum absolute atomic E-state index is 0.204. The second-order valence-electron chi connectivity index (χ2n) is 8.12. The van der Waals surface area contributed by atoms with Crippen LogP contribution in [0.4, 0.5) is 4.79 Å². The molecule has 5 heteroatoms. The first-order chi connectivity index (χ1) is 10.8. The van der Waals surface area contributed by atoms with Crippen LogP contribution in [0, 0.1) is 5.92 Å². The number of rotatable bonds is 4. The Labute approximate surface area is 140 Å². The normalized spacial score (nSPS) is 25.2. The largest absolute Gasteiger partial charge is 0.444 e. The predicted molar refractivity (Wildman–Crippen MR) is 91.4 cm³/mol. The zero-order valence-corrected chi connectivity index (χ0v) is 15.0. The molecule has 2 atom stereocenters. The van der Waals surface area contributed by atoms with Crippen LogP contribution in [0.5, 0.6) is 0 Å². The highest BCUT2D eigenvalue weighted by molar-refractivity contribution is 5.68. The fourth-order valence-corrected chi connectivity index (χ4v) is 3.61. The van der Waals surface area contributed by atoms with E-state index in [1.165, 1.54) is 25.7 Å². The van der Waals surface area contributed by atoms with Gasteiger partial charge in [-0.2, -0.15) is 0 Å². The Balaban J connectivity index is 1.71. The molecule has 2 N–H and O–H groups in total. The van der Waals surface area contributed by atoms with Crippen LogP contribution >= 0.6 is 0 Å². The molecule has 134 valence electrons. The fraction of sp³-hybridized carbons (Fsp3) is 0.944. The second-order valence-corrected chi connectivity index (χ2v) is 8.12. The number of aliphatic hydroxyl groups is 1. The van der Waals surface area contributed by atoms with Gasteiger partial charge < -0.3 is 20.1 Å².